The van der Waals surface area contributed by atoms with E-state index in [1.54, 1.807) is 24.3 Å². The number of aryl methyl sites for hydroxylation is 1. The van der Waals surface area contributed by atoms with Gasteiger partial charge in [-0.15, -0.1) is 0 Å². The SMILES string of the molecule is Cc1ccc(C(=O)Nc2cc(-c3ccccc3)ccc2C(=O)O)cc1. The molecule has 0 unspecified atom stereocenters. The summed E-state index contributed by atoms with van der Waals surface area (Å²) in [6, 6.07) is 21.6. The average molecular weight is 331 g/mol. The fourth-order valence-electron chi connectivity index (χ4n) is 2.54. The normalized spacial score (nSPS) is 10.3. The second kappa shape index (κ2) is 7.01. The molecule has 0 spiro atoms. The molecule has 0 saturated heterocycles. The molecule has 0 aliphatic carbocycles. The Morgan fingerprint density at radius 2 is 1.52 bits per heavy atom. The van der Waals surface area contributed by atoms with Crippen LogP contribution in [0, 0.1) is 6.92 Å². The molecule has 0 radical (unpaired) electrons. The van der Waals surface area contributed by atoms with E-state index in [0.29, 0.717) is 5.56 Å². The van der Waals surface area contributed by atoms with Crippen LogP contribution in [0.5, 0.6) is 0 Å². The summed E-state index contributed by atoms with van der Waals surface area (Å²) in [4.78, 5) is 23.9. The van der Waals surface area contributed by atoms with Gasteiger partial charge in [0.25, 0.3) is 5.91 Å². The van der Waals surface area contributed by atoms with Crippen LogP contribution in [0.2, 0.25) is 0 Å². The number of carbonyl (C=O) groups excluding carboxylic acids is 1. The van der Waals surface area contributed by atoms with E-state index in [9.17, 15) is 14.7 Å². The molecule has 124 valence electrons. The lowest BCUT2D eigenvalue weighted by Crippen LogP contribution is -2.15. The number of rotatable bonds is 4. The van der Waals surface area contributed by atoms with Crippen molar-refractivity contribution in [2.75, 3.05) is 5.32 Å². The highest BCUT2D eigenvalue weighted by molar-refractivity contribution is 6.08. The third-order valence-corrected chi connectivity index (χ3v) is 3.92. The van der Waals surface area contributed by atoms with Gasteiger partial charge < -0.3 is 10.4 Å². The molecule has 0 aromatic heterocycles. The lowest BCUT2D eigenvalue weighted by molar-refractivity contribution is 0.0698. The first-order chi connectivity index (χ1) is 12.0. The smallest absolute Gasteiger partial charge is 0.337 e. The van der Waals surface area contributed by atoms with Gasteiger partial charge in [-0.2, -0.15) is 0 Å². The second-order valence-corrected chi connectivity index (χ2v) is 5.75. The van der Waals surface area contributed by atoms with Gasteiger partial charge in [-0.05, 0) is 42.3 Å². The summed E-state index contributed by atoms with van der Waals surface area (Å²) in [5, 5.41) is 12.1. The second-order valence-electron chi connectivity index (χ2n) is 5.75. The average Bonchev–Trinajstić information content (AvgIpc) is 2.62. The lowest BCUT2D eigenvalue weighted by atomic mass is 10.0. The molecule has 0 bridgehead atoms. The van der Waals surface area contributed by atoms with Crippen LogP contribution in [0.1, 0.15) is 26.3 Å². The number of aromatic carboxylic acids is 1. The van der Waals surface area contributed by atoms with Gasteiger partial charge in [-0.3, -0.25) is 4.79 Å². The van der Waals surface area contributed by atoms with Crippen LogP contribution in [0.15, 0.2) is 72.8 Å². The zero-order chi connectivity index (χ0) is 17.8. The van der Waals surface area contributed by atoms with Crippen molar-refractivity contribution in [3.8, 4) is 11.1 Å². The van der Waals surface area contributed by atoms with E-state index >= 15 is 0 Å². The van der Waals surface area contributed by atoms with Gasteiger partial charge in [0.05, 0.1) is 11.3 Å². The molecular formula is C21H17NO3. The molecule has 4 heteroatoms. The van der Waals surface area contributed by atoms with Crippen LogP contribution in [0.3, 0.4) is 0 Å². The number of hydrogen-bond acceptors (Lipinski definition) is 2. The van der Waals surface area contributed by atoms with E-state index < -0.39 is 5.97 Å². The number of carboxylic acid groups (broad SMARTS) is 1. The van der Waals surface area contributed by atoms with Crippen LogP contribution in [0.4, 0.5) is 5.69 Å². The van der Waals surface area contributed by atoms with Crippen molar-refractivity contribution in [2.45, 2.75) is 6.92 Å². The zero-order valence-corrected chi connectivity index (χ0v) is 13.7. The number of nitrogens with one attached hydrogen (secondary N) is 1. The van der Waals surface area contributed by atoms with Crippen molar-refractivity contribution in [2.24, 2.45) is 0 Å². The highest BCUT2D eigenvalue weighted by Gasteiger charge is 2.15. The first kappa shape index (κ1) is 16.5. The Kier molecular flexibility index (Phi) is 4.61. The van der Waals surface area contributed by atoms with Crippen LogP contribution in [-0.4, -0.2) is 17.0 Å². The molecule has 0 saturated carbocycles. The van der Waals surface area contributed by atoms with Crippen molar-refractivity contribution >= 4 is 17.6 Å². The van der Waals surface area contributed by atoms with E-state index in [1.807, 2.05) is 49.4 Å². The Balaban J connectivity index is 1.96. The Hall–Kier alpha value is -3.40. The molecule has 0 aliphatic heterocycles. The molecule has 3 aromatic carbocycles. The van der Waals surface area contributed by atoms with E-state index in [4.69, 9.17) is 0 Å². The first-order valence-corrected chi connectivity index (χ1v) is 7.85. The summed E-state index contributed by atoms with van der Waals surface area (Å²) in [7, 11) is 0. The van der Waals surface area contributed by atoms with Crippen LogP contribution >= 0.6 is 0 Å². The van der Waals surface area contributed by atoms with Crippen molar-refractivity contribution < 1.29 is 14.7 Å². The van der Waals surface area contributed by atoms with Crippen molar-refractivity contribution in [1.29, 1.82) is 0 Å². The lowest BCUT2D eigenvalue weighted by Gasteiger charge is -2.11. The maximum absolute atomic E-state index is 12.4. The molecule has 0 fully saturated rings. The van der Waals surface area contributed by atoms with Crippen LogP contribution < -0.4 is 5.32 Å². The van der Waals surface area contributed by atoms with Gasteiger partial charge in [-0.1, -0.05) is 54.1 Å². The molecule has 0 atom stereocenters. The Morgan fingerprint density at radius 1 is 0.840 bits per heavy atom. The largest absolute Gasteiger partial charge is 0.478 e. The Bertz CT molecular complexity index is 916. The predicted molar refractivity (Wildman–Crippen MR) is 98.0 cm³/mol. The molecule has 2 N–H and O–H groups in total. The monoisotopic (exact) mass is 331 g/mol. The van der Waals surface area contributed by atoms with E-state index in [-0.39, 0.29) is 17.2 Å². The number of carboxylic acids is 1. The highest BCUT2D eigenvalue weighted by atomic mass is 16.4. The molecule has 3 aromatic rings. The van der Waals surface area contributed by atoms with Crippen molar-refractivity contribution in [1.82, 2.24) is 0 Å². The summed E-state index contributed by atoms with van der Waals surface area (Å²) in [6.45, 7) is 1.94. The summed E-state index contributed by atoms with van der Waals surface area (Å²) in [5.41, 5.74) is 3.65. The van der Waals surface area contributed by atoms with E-state index in [1.165, 1.54) is 6.07 Å². The molecule has 3 rings (SSSR count). The standard InChI is InChI=1S/C21H17NO3/c1-14-7-9-16(10-8-14)20(23)22-19-13-17(11-12-18(19)21(24)25)15-5-3-2-4-6-15/h2-13H,1H3,(H,22,23)(H,24,25). The van der Waals surface area contributed by atoms with Gasteiger partial charge in [-0.25, -0.2) is 4.79 Å². The van der Waals surface area contributed by atoms with Crippen LogP contribution in [-0.2, 0) is 0 Å². The molecular weight excluding hydrogens is 314 g/mol. The molecule has 4 nitrogen and oxygen atoms in total. The number of hydrogen-bond donors (Lipinski definition) is 2. The predicted octanol–water partition coefficient (Wildman–Crippen LogP) is 4.61. The van der Waals surface area contributed by atoms with Gasteiger partial charge in [0.1, 0.15) is 0 Å². The quantitative estimate of drug-likeness (QED) is 0.733. The van der Waals surface area contributed by atoms with Gasteiger partial charge in [0.15, 0.2) is 0 Å². The molecule has 1 amide bonds. The van der Waals surface area contributed by atoms with E-state index in [2.05, 4.69) is 5.32 Å². The fraction of sp³-hybridized carbons (Fsp3) is 0.0476. The number of carbonyl (C=O) groups is 2. The van der Waals surface area contributed by atoms with Gasteiger partial charge in [0, 0.05) is 5.56 Å². The highest BCUT2D eigenvalue weighted by Crippen LogP contribution is 2.26. The first-order valence-electron chi connectivity index (χ1n) is 7.85. The number of amides is 1. The number of benzene rings is 3. The summed E-state index contributed by atoms with van der Waals surface area (Å²) in [6.07, 6.45) is 0. The molecule has 25 heavy (non-hydrogen) atoms. The summed E-state index contributed by atoms with van der Waals surface area (Å²) in [5.74, 6) is -1.42. The van der Waals surface area contributed by atoms with Crippen LogP contribution in [0.25, 0.3) is 11.1 Å². The minimum absolute atomic E-state index is 0.0557. The zero-order valence-electron chi connectivity index (χ0n) is 13.7. The fourth-order valence-corrected chi connectivity index (χ4v) is 2.54. The van der Waals surface area contributed by atoms with Gasteiger partial charge in [0.2, 0.25) is 0 Å². The third-order valence-electron chi connectivity index (χ3n) is 3.92. The van der Waals surface area contributed by atoms with Gasteiger partial charge >= 0.3 is 5.97 Å². The van der Waals surface area contributed by atoms with Crippen molar-refractivity contribution in [3.63, 3.8) is 0 Å². The number of anilines is 1. The topological polar surface area (TPSA) is 66.4 Å². The summed E-state index contributed by atoms with van der Waals surface area (Å²) < 4.78 is 0. The molecule has 0 aliphatic rings. The minimum atomic E-state index is -1.08. The Labute approximate surface area is 145 Å². The minimum Gasteiger partial charge on any atom is -0.478 e. The van der Waals surface area contributed by atoms with Crippen molar-refractivity contribution in [3.05, 3.63) is 89.5 Å². The molecule has 0 heterocycles. The summed E-state index contributed by atoms with van der Waals surface area (Å²) >= 11 is 0. The third kappa shape index (κ3) is 3.75. The maximum Gasteiger partial charge on any atom is 0.337 e. The maximum atomic E-state index is 12.4. The Morgan fingerprint density at radius 3 is 2.16 bits per heavy atom. The van der Waals surface area contributed by atoms with E-state index in [0.717, 1.165) is 16.7 Å².